The molecular weight excluding hydrogens is 304 g/mol. The van der Waals surface area contributed by atoms with Gasteiger partial charge in [0.25, 0.3) is 0 Å². The molecule has 3 rings (SSSR count). The molecule has 1 aliphatic heterocycles. The van der Waals surface area contributed by atoms with E-state index < -0.39 is 11.4 Å². The lowest BCUT2D eigenvalue weighted by Crippen LogP contribution is -2.28. The minimum atomic E-state index is -0.538. The largest absolute Gasteiger partial charge is 0.347 e. The summed E-state index contributed by atoms with van der Waals surface area (Å²) >= 11 is 5.59. The van der Waals surface area contributed by atoms with E-state index >= 15 is 0 Å². The molecule has 1 heterocycles. The van der Waals surface area contributed by atoms with Crippen molar-refractivity contribution in [3.63, 3.8) is 0 Å². The monoisotopic (exact) mass is 326 g/mol. The van der Waals surface area contributed by atoms with Crippen molar-refractivity contribution in [1.29, 1.82) is 0 Å². The van der Waals surface area contributed by atoms with E-state index in [1.54, 1.807) is 0 Å². The highest BCUT2D eigenvalue weighted by molar-refractivity contribution is 7.80. The van der Waals surface area contributed by atoms with E-state index in [0.717, 1.165) is 22.4 Å². The van der Waals surface area contributed by atoms with Gasteiger partial charge in [0.2, 0.25) is 0 Å². The topological polar surface area (TPSA) is 18.5 Å². The summed E-state index contributed by atoms with van der Waals surface area (Å²) < 4.78 is 11.9. The van der Waals surface area contributed by atoms with Crippen LogP contribution in [0.2, 0.25) is 0 Å². The van der Waals surface area contributed by atoms with E-state index in [1.807, 2.05) is 32.0 Å². The van der Waals surface area contributed by atoms with Crippen LogP contribution in [0, 0.1) is 0 Å². The molecule has 23 heavy (non-hydrogen) atoms. The highest BCUT2D eigenvalue weighted by Gasteiger charge is 2.43. The van der Waals surface area contributed by atoms with Crippen molar-refractivity contribution in [2.45, 2.75) is 38.6 Å². The summed E-state index contributed by atoms with van der Waals surface area (Å²) in [5, 5.41) is 0. The third-order valence-corrected chi connectivity index (χ3v) is 4.54. The van der Waals surface area contributed by atoms with E-state index in [4.69, 9.17) is 21.7 Å². The summed E-state index contributed by atoms with van der Waals surface area (Å²) in [5.41, 5.74) is 3.04. The SMILES string of the molecule is CC1(C)OCC(C)(c2cccc(CC(=S)c3ccccc3)c2)O1. The fraction of sp³-hybridized carbons (Fsp3) is 0.350. The summed E-state index contributed by atoms with van der Waals surface area (Å²) in [6, 6.07) is 18.6. The molecule has 1 saturated heterocycles. The Morgan fingerprint density at radius 2 is 1.78 bits per heavy atom. The van der Waals surface area contributed by atoms with Crippen molar-refractivity contribution in [1.82, 2.24) is 0 Å². The molecule has 1 atom stereocenters. The molecule has 0 aromatic heterocycles. The Labute approximate surface area is 143 Å². The zero-order valence-corrected chi connectivity index (χ0v) is 14.7. The third kappa shape index (κ3) is 3.69. The van der Waals surface area contributed by atoms with Gasteiger partial charge in [-0.2, -0.15) is 0 Å². The van der Waals surface area contributed by atoms with Crippen molar-refractivity contribution >= 4 is 17.1 Å². The summed E-state index contributed by atoms with van der Waals surface area (Å²) in [7, 11) is 0. The standard InChI is InChI=1S/C20H22O2S/c1-19(2)21-14-20(3,22-19)17-11-7-8-15(12-17)13-18(23)16-9-5-4-6-10-16/h4-12H,13-14H2,1-3H3. The van der Waals surface area contributed by atoms with E-state index in [-0.39, 0.29) is 0 Å². The van der Waals surface area contributed by atoms with Crippen molar-refractivity contribution in [3.8, 4) is 0 Å². The van der Waals surface area contributed by atoms with Crippen LogP contribution in [0.15, 0.2) is 54.6 Å². The molecular formula is C20H22O2S. The van der Waals surface area contributed by atoms with Crippen LogP contribution < -0.4 is 0 Å². The lowest BCUT2D eigenvalue weighted by molar-refractivity contribution is -0.159. The summed E-state index contributed by atoms with van der Waals surface area (Å²) in [4.78, 5) is 0.955. The molecule has 0 saturated carbocycles. The Bertz CT molecular complexity index is 709. The highest BCUT2D eigenvalue weighted by Crippen LogP contribution is 2.38. The van der Waals surface area contributed by atoms with Crippen LogP contribution in [0.3, 0.4) is 0 Å². The third-order valence-electron chi connectivity index (χ3n) is 4.16. The Morgan fingerprint density at radius 1 is 1.04 bits per heavy atom. The quantitative estimate of drug-likeness (QED) is 0.602. The number of benzene rings is 2. The lowest BCUT2D eigenvalue weighted by atomic mass is 9.93. The molecule has 1 fully saturated rings. The fourth-order valence-corrected chi connectivity index (χ4v) is 3.28. The molecule has 0 aliphatic carbocycles. The molecule has 1 unspecified atom stereocenters. The first-order valence-corrected chi connectivity index (χ1v) is 8.31. The van der Waals surface area contributed by atoms with E-state index in [9.17, 15) is 0 Å². The fourth-order valence-electron chi connectivity index (χ4n) is 2.98. The maximum atomic E-state index is 6.11. The van der Waals surface area contributed by atoms with E-state index in [1.165, 1.54) is 5.56 Å². The number of hydrogen-bond acceptors (Lipinski definition) is 3. The van der Waals surface area contributed by atoms with Gasteiger partial charge < -0.3 is 9.47 Å². The smallest absolute Gasteiger partial charge is 0.164 e. The number of thiocarbonyl (C=S) groups is 1. The van der Waals surface area contributed by atoms with Crippen molar-refractivity contribution in [3.05, 3.63) is 71.3 Å². The molecule has 0 amide bonds. The van der Waals surface area contributed by atoms with E-state index in [0.29, 0.717) is 6.61 Å². The summed E-state index contributed by atoms with van der Waals surface area (Å²) in [5.74, 6) is -0.538. The van der Waals surface area contributed by atoms with Crippen molar-refractivity contribution in [2.24, 2.45) is 0 Å². The number of hydrogen-bond donors (Lipinski definition) is 0. The second-order valence-corrected chi connectivity index (χ2v) is 7.18. The minimum Gasteiger partial charge on any atom is -0.347 e. The Morgan fingerprint density at radius 3 is 2.43 bits per heavy atom. The second kappa shape index (κ2) is 6.16. The summed E-state index contributed by atoms with van der Waals surface area (Å²) in [6.45, 7) is 6.54. The van der Waals surface area contributed by atoms with Crippen LogP contribution in [-0.4, -0.2) is 17.3 Å². The molecule has 2 aromatic rings. The maximum absolute atomic E-state index is 6.11. The second-order valence-electron chi connectivity index (χ2n) is 6.69. The zero-order valence-electron chi connectivity index (χ0n) is 13.8. The number of rotatable bonds is 4. The Hall–Kier alpha value is -1.55. The molecule has 2 aromatic carbocycles. The van der Waals surface area contributed by atoms with Gasteiger partial charge in [-0.3, -0.25) is 0 Å². The van der Waals surface area contributed by atoms with Crippen LogP contribution >= 0.6 is 12.2 Å². The average Bonchev–Trinajstić information content (AvgIpc) is 2.83. The molecule has 0 radical (unpaired) electrons. The van der Waals surface area contributed by atoms with Gasteiger partial charge in [0.1, 0.15) is 5.60 Å². The first kappa shape index (κ1) is 16.3. The molecule has 120 valence electrons. The highest BCUT2D eigenvalue weighted by atomic mass is 32.1. The molecule has 1 aliphatic rings. The predicted molar refractivity (Wildman–Crippen MR) is 96.8 cm³/mol. The van der Waals surface area contributed by atoms with Crippen molar-refractivity contribution < 1.29 is 9.47 Å². The van der Waals surface area contributed by atoms with Gasteiger partial charge in [-0.15, -0.1) is 0 Å². The molecule has 3 heteroatoms. The predicted octanol–water partition coefficient (Wildman–Crippen LogP) is 4.65. The van der Waals surface area contributed by atoms with E-state index in [2.05, 4.69) is 43.3 Å². The van der Waals surface area contributed by atoms with Crippen LogP contribution in [0.5, 0.6) is 0 Å². The van der Waals surface area contributed by atoms with Gasteiger partial charge in [-0.1, -0.05) is 66.8 Å². The van der Waals surface area contributed by atoms with Gasteiger partial charge in [0.05, 0.1) is 6.61 Å². The van der Waals surface area contributed by atoms with Crippen LogP contribution in [0.4, 0.5) is 0 Å². The molecule has 0 bridgehead atoms. The Kier molecular flexibility index (Phi) is 4.37. The summed E-state index contributed by atoms with van der Waals surface area (Å²) in [6.07, 6.45) is 0.757. The first-order valence-electron chi connectivity index (χ1n) is 7.90. The van der Waals surface area contributed by atoms with Gasteiger partial charge in [0.15, 0.2) is 5.79 Å². The first-order chi connectivity index (χ1) is 10.9. The Balaban J connectivity index is 1.80. The minimum absolute atomic E-state index is 0.409. The van der Waals surface area contributed by atoms with Crippen molar-refractivity contribution in [2.75, 3.05) is 6.61 Å². The normalized spacial score (nSPS) is 22.9. The van der Waals surface area contributed by atoms with Crippen LogP contribution in [-0.2, 0) is 21.5 Å². The van der Waals surface area contributed by atoms with Crippen LogP contribution in [0.1, 0.15) is 37.5 Å². The molecule has 0 N–H and O–H groups in total. The van der Waals surface area contributed by atoms with Gasteiger partial charge in [-0.25, -0.2) is 0 Å². The zero-order chi connectivity index (χ0) is 16.5. The average molecular weight is 326 g/mol. The maximum Gasteiger partial charge on any atom is 0.164 e. The number of ether oxygens (including phenoxy) is 2. The van der Waals surface area contributed by atoms with Gasteiger partial charge in [0, 0.05) is 11.3 Å². The lowest BCUT2D eigenvalue weighted by Gasteiger charge is -2.26. The van der Waals surface area contributed by atoms with Gasteiger partial charge >= 0.3 is 0 Å². The van der Waals surface area contributed by atoms with Gasteiger partial charge in [-0.05, 0) is 37.5 Å². The van der Waals surface area contributed by atoms with Crippen LogP contribution in [0.25, 0.3) is 0 Å². The molecule has 2 nitrogen and oxygen atoms in total. The molecule has 0 spiro atoms.